The highest BCUT2D eigenvalue weighted by Crippen LogP contribution is 2.25. The molecule has 1 amide bonds. The van der Waals surface area contributed by atoms with Crippen LogP contribution in [0.2, 0.25) is 0 Å². The summed E-state index contributed by atoms with van der Waals surface area (Å²) in [5, 5.41) is 7.02. The van der Waals surface area contributed by atoms with Gasteiger partial charge in [0.2, 0.25) is 15.9 Å². The van der Waals surface area contributed by atoms with E-state index in [9.17, 15) is 22.0 Å². The van der Waals surface area contributed by atoms with E-state index in [-0.39, 0.29) is 23.2 Å². The summed E-state index contributed by atoms with van der Waals surface area (Å²) >= 11 is 0. The van der Waals surface area contributed by atoms with Crippen molar-refractivity contribution >= 4 is 21.7 Å². The van der Waals surface area contributed by atoms with Crippen LogP contribution in [0, 0.1) is 17.6 Å². The molecule has 1 atom stereocenters. The zero-order valence-corrected chi connectivity index (χ0v) is 17.9. The minimum absolute atomic E-state index is 0.00366. The number of halogens is 2. The first kappa shape index (κ1) is 22.1. The zero-order chi connectivity index (χ0) is 22.7. The second-order valence-corrected chi connectivity index (χ2v) is 9.61. The number of hydrogen-bond acceptors (Lipinski definition) is 4. The van der Waals surface area contributed by atoms with Crippen molar-refractivity contribution in [2.24, 2.45) is 5.92 Å². The van der Waals surface area contributed by atoms with Crippen LogP contribution in [0.5, 0.6) is 0 Å². The second kappa shape index (κ2) is 9.17. The Hall–Kier alpha value is -3.11. The molecule has 2 heterocycles. The maximum Gasteiger partial charge on any atom is 0.243 e. The topological polar surface area (TPSA) is 84.3 Å². The highest BCUT2D eigenvalue weighted by atomic mass is 32.2. The Morgan fingerprint density at radius 1 is 1.09 bits per heavy atom. The molecule has 168 valence electrons. The van der Waals surface area contributed by atoms with Gasteiger partial charge in [0.05, 0.1) is 17.4 Å². The van der Waals surface area contributed by atoms with Crippen molar-refractivity contribution in [3.8, 4) is 0 Å². The smallest absolute Gasteiger partial charge is 0.243 e. The van der Waals surface area contributed by atoms with Crippen LogP contribution < -0.4 is 5.32 Å². The number of nitrogens with one attached hydrogen (secondary N) is 1. The Balaban J connectivity index is 1.39. The van der Waals surface area contributed by atoms with Crippen LogP contribution >= 0.6 is 0 Å². The van der Waals surface area contributed by atoms with Gasteiger partial charge in [-0.15, -0.1) is 0 Å². The van der Waals surface area contributed by atoms with E-state index in [1.165, 1.54) is 28.6 Å². The number of carbonyl (C=O) groups excluding carboxylic acids is 1. The van der Waals surface area contributed by atoms with Gasteiger partial charge in [-0.3, -0.25) is 9.48 Å². The molecule has 1 unspecified atom stereocenters. The molecule has 1 aliphatic rings. The molecule has 10 heteroatoms. The van der Waals surface area contributed by atoms with Crippen LogP contribution in [0.3, 0.4) is 0 Å². The standard InChI is InChI=1S/C22H22F2N4O3S/c23-18-6-8-20(9-7-18)32(30,31)28-11-2-4-17(15-28)22(29)25-21-10-12-27(26-21)14-16-3-1-5-19(24)13-16/h1,3,5-10,12-13,17H,2,4,11,14-15H2,(H,25,26,29). The summed E-state index contributed by atoms with van der Waals surface area (Å²) in [7, 11) is -3.82. The Morgan fingerprint density at radius 2 is 1.88 bits per heavy atom. The van der Waals surface area contributed by atoms with Crippen molar-refractivity contribution in [2.45, 2.75) is 24.3 Å². The highest BCUT2D eigenvalue weighted by molar-refractivity contribution is 7.89. The molecule has 0 spiro atoms. The van der Waals surface area contributed by atoms with E-state index in [1.807, 2.05) is 0 Å². The van der Waals surface area contributed by atoms with Gasteiger partial charge in [0.1, 0.15) is 11.6 Å². The van der Waals surface area contributed by atoms with E-state index in [1.54, 1.807) is 29.1 Å². The summed E-state index contributed by atoms with van der Waals surface area (Å²) < 4.78 is 55.0. The fourth-order valence-electron chi connectivity index (χ4n) is 3.70. The molecule has 0 aliphatic carbocycles. The predicted molar refractivity (Wildman–Crippen MR) is 114 cm³/mol. The first-order valence-corrected chi connectivity index (χ1v) is 11.6. The maximum atomic E-state index is 13.3. The molecule has 2 aromatic carbocycles. The van der Waals surface area contributed by atoms with Gasteiger partial charge in [-0.25, -0.2) is 17.2 Å². The number of sulfonamides is 1. The van der Waals surface area contributed by atoms with Crippen molar-refractivity contribution in [1.82, 2.24) is 14.1 Å². The van der Waals surface area contributed by atoms with E-state index in [0.717, 1.165) is 17.7 Å². The van der Waals surface area contributed by atoms with Gasteiger partial charge in [-0.05, 0) is 54.8 Å². The number of benzene rings is 2. The number of aromatic nitrogens is 2. The van der Waals surface area contributed by atoms with Crippen molar-refractivity contribution in [1.29, 1.82) is 0 Å². The fourth-order valence-corrected chi connectivity index (χ4v) is 5.22. The van der Waals surface area contributed by atoms with Crippen LogP contribution in [0.4, 0.5) is 14.6 Å². The molecular formula is C22H22F2N4O3S. The van der Waals surface area contributed by atoms with Crippen molar-refractivity contribution in [3.63, 3.8) is 0 Å². The summed E-state index contributed by atoms with van der Waals surface area (Å²) in [5.41, 5.74) is 0.736. The van der Waals surface area contributed by atoms with E-state index in [4.69, 9.17) is 0 Å². The lowest BCUT2D eigenvalue weighted by molar-refractivity contribution is -0.120. The Bertz CT molecular complexity index is 1210. The number of nitrogens with zero attached hydrogens (tertiary/aromatic N) is 3. The van der Waals surface area contributed by atoms with Crippen molar-refractivity contribution in [2.75, 3.05) is 18.4 Å². The number of carbonyl (C=O) groups is 1. The number of piperidine rings is 1. The molecule has 1 aliphatic heterocycles. The summed E-state index contributed by atoms with van der Waals surface area (Å²) in [6.07, 6.45) is 2.75. The molecule has 7 nitrogen and oxygen atoms in total. The monoisotopic (exact) mass is 460 g/mol. The van der Waals surface area contributed by atoms with Crippen LogP contribution in [-0.2, 0) is 21.4 Å². The van der Waals surface area contributed by atoms with Crippen molar-refractivity contribution in [3.05, 3.63) is 78.0 Å². The largest absolute Gasteiger partial charge is 0.309 e. The lowest BCUT2D eigenvalue weighted by atomic mass is 9.99. The molecule has 1 N–H and O–H groups in total. The zero-order valence-electron chi connectivity index (χ0n) is 17.1. The normalized spacial score (nSPS) is 17.2. The van der Waals surface area contributed by atoms with Gasteiger partial charge in [-0.1, -0.05) is 12.1 Å². The van der Waals surface area contributed by atoms with Crippen LogP contribution in [0.1, 0.15) is 18.4 Å². The lowest BCUT2D eigenvalue weighted by Crippen LogP contribution is -2.43. The van der Waals surface area contributed by atoms with Gasteiger partial charge in [0.25, 0.3) is 0 Å². The molecule has 1 saturated heterocycles. The van der Waals surface area contributed by atoms with E-state index >= 15 is 0 Å². The highest BCUT2D eigenvalue weighted by Gasteiger charge is 2.33. The fraction of sp³-hybridized carbons (Fsp3) is 0.273. The number of anilines is 1. The third kappa shape index (κ3) is 5.03. The van der Waals surface area contributed by atoms with Gasteiger partial charge < -0.3 is 5.32 Å². The summed E-state index contributed by atoms with van der Waals surface area (Å²) in [4.78, 5) is 12.7. The van der Waals surface area contributed by atoms with Crippen LogP contribution in [0.25, 0.3) is 0 Å². The third-order valence-electron chi connectivity index (χ3n) is 5.33. The Kier molecular flexibility index (Phi) is 6.33. The first-order valence-electron chi connectivity index (χ1n) is 10.2. The molecule has 1 fully saturated rings. The van der Waals surface area contributed by atoms with Gasteiger partial charge in [0.15, 0.2) is 5.82 Å². The Labute approximate surface area is 184 Å². The van der Waals surface area contributed by atoms with Gasteiger partial charge in [-0.2, -0.15) is 9.40 Å². The first-order chi connectivity index (χ1) is 15.3. The molecular weight excluding hydrogens is 438 g/mol. The molecule has 4 rings (SSSR count). The number of rotatable bonds is 6. The quantitative estimate of drug-likeness (QED) is 0.612. The number of amides is 1. The molecule has 32 heavy (non-hydrogen) atoms. The maximum absolute atomic E-state index is 13.3. The van der Waals surface area contributed by atoms with E-state index < -0.39 is 21.8 Å². The minimum atomic E-state index is -3.82. The van der Waals surface area contributed by atoms with Crippen LogP contribution in [0.15, 0.2) is 65.7 Å². The molecule has 0 bridgehead atoms. The van der Waals surface area contributed by atoms with Gasteiger partial charge in [0, 0.05) is 25.4 Å². The SMILES string of the molecule is O=C(Nc1ccn(Cc2cccc(F)c2)n1)C1CCCN(S(=O)(=O)c2ccc(F)cc2)C1. The lowest BCUT2D eigenvalue weighted by Gasteiger charge is -2.31. The predicted octanol–water partition coefficient (Wildman–Crippen LogP) is 3.25. The molecule has 1 aromatic heterocycles. The van der Waals surface area contributed by atoms with E-state index in [0.29, 0.717) is 31.7 Å². The summed E-state index contributed by atoms with van der Waals surface area (Å²) in [6, 6.07) is 12.4. The molecule has 3 aromatic rings. The number of hydrogen-bond donors (Lipinski definition) is 1. The average molecular weight is 461 g/mol. The average Bonchev–Trinajstić information content (AvgIpc) is 3.20. The third-order valence-corrected chi connectivity index (χ3v) is 7.21. The molecule has 0 saturated carbocycles. The van der Waals surface area contributed by atoms with E-state index in [2.05, 4.69) is 10.4 Å². The van der Waals surface area contributed by atoms with Crippen molar-refractivity contribution < 1.29 is 22.0 Å². The minimum Gasteiger partial charge on any atom is -0.309 e. The van der Waals surface area contributed by atoms with Crippen LogP contribution in [-0.4, -0.2) is 41.5 Å². The molecule has 0 radical (unpaired) electrons. The Morgan fingerprint density at radius 3 is 2.62 bits per heavy atom. The summed E-state index contributed by atoms with van der Waals surface area (Å²) in [6.45, 7) is 0.683. The second-order valence-electron chi connectivity index (χ2n) is 7.67. The van der Waals surface area contributed by atoms with Gasteiger partial charge >= 0.3 is 0 Å². The summed E-state index contributed by atoms with van der Waals surface area (Å²) in [5.74, 6) is -1.37.